The fourth-order valence-corrected chi connectivity index (χ4v) is 2.79. The van der Waals surface area contributed by atoms with Gasteiger partial charge in [0.2, 0.25) is 5.89 Å². The summed E-state index contributed by atoms with van der Waals surface area (Å²) in [4.78, 5) is 4.14. The Morgan fingerprint density at radius 3 is 2.95 bits per heavy atom. The second kappa shape index (κ2) is 6.44. The first-order valence-electron chi connectivity index (χ1n) is 7.43. The Balaban J connectivity index is 1.94. The summed E-state index contributed by atoms with van der Waals surface area (Å²) in [7, 11) is 0. The monoisotopic (exact) mass is 308 g/mol. The molecule has 1 N–H and O–H groups in total. The molecule has 2 heterocycles. The van der Waals surface area contributed by atoms with Gasteiger partial charge in [-0.3, -0.25) is 0 Å². The lowest BCUT2D eigenvalue weighted by Gasteiger charge is -2.23. The summed E-state index contributed by atoms with van der Waals surface area (Å²) in [6.07, 6.45) is 3.88. The first kappa shape index (κ1) is 15.0. The quantitative estimate of drug-likeness (QED) is 0.921. The van der Waals surface area contributed by atoms with Crippen molar-refractivity contribution in [2.75, 3.05) is 13.1 Å². The third-order valence-corrected chi connectivity index (χ3v) is 3.93. The molecule has 3 rings (SSSR count). The maximum atomic E-state index is 14.2. The molecule has 1 saturated heterocycles. The van der Waals surface area contributed by atoms with Gasteiger partial charge in [-0.2, -0.15) is 0 Å². The first-order chi connectivity index (χ1) is 10.7. The number of rotatable bonds is 5. The van der Waals surface area contributed by atoms with Crippen molar-refractivity contribution in [3.8, 4) is 5.75 Å². The van der Waals surface area contributed by atoms with Crippen LogP contribution < -0.4 is 10.1 Å². The molecular weight excluding hydrogens is 290 g/mol. The normalized spacial score (nSPS) is 19.3. The Morgan fingerprint density at radius 2 is 2.32 bits per heavy atom. The van der Waals surface area contributed by atoms with Crippen LogP contribution in [0.3, 0.4) is 0 Å². The molecule has 22 heavy (non-hydrogen) atoms. The first-order valence-corrected chi connectivity index (χ1v) is 7.43. The number of ether oxygens (including phenoxy) is 1. The van der Waals surface area contributed by atoms with Crippen molar-refractivity contribution in [3.05, 3.63) is 47.7 Å². The van der Waals surface area contributed by atoms with E-state index < -0.39 is 17.7 Å². The third kappa shape index (κ3) is 2.97. The van der Waals surface area contributed by atoms with E-state index in [2.05, 4.69) is 10.3 Å². The minimum absolute atomic E-state index is 0.0824. The minimum Gasteiger partial charge on any atom is -0.477 e. The lowest BCUT2D eigenvalue weighted by atomic mass is 10.0. The topological polar surface area (TPSA) is 47.3 Å². The lowest BCUT2D eigenvalue weighted by Crippen LogP contribution is -2.22. The zero-order valence-electron chi connectivity index (χ0n) is 12.3. The second-order valence-corrected chi connectivity index (χ2v) is 5.39. The van der Waals surface area contributed by atoms with Crippen molar-refractivity contribution in [1.82, 2.24) is 10.3 Å². The predicted molar refractivity (Wildman–Crippen MR) is 76.6 cm³/mol. The summed E-state index contributed by atoms with van der Waals surface area (Å²) in [5.41, 5.74) is 0.500. The van der Waals surface area contributed by atoms with Crippen LogP contribution in [0.15, 0.2) is 29.0 Å². The molecule has 1 aromatic heterocycles. The summed E-state index contributed by atoms with van der Waals surface area (Å²) in [5.74, 6) is -0.664. The van der Waals surface area contributed by atoms with Crippen LogP contribution in [0.2, 0.25) is 0 Å². The SMILES string of the molecule is CCc1cc(F)cc(F)c1O[C@H](c1ncco1)C1CCNC1. The molecular formula is C16H18F2N2O2. The van der Waals surface area contributed by atoms with Gasteiger partial charge in [0.1, 0.15) is 12.1 Å². The van der Waals surface area contributed by atoms with Crippen LogP contribution in [0.25, 0.3) is 0 Å². The van der Waals surface area contributed by atoms with Crippen LogP contribution in [-0.2, 0) is 6.42 Å². The van der Waals surface area contributed by atoms with Gasteiger partial charge in [-0.05, 0) is 31.0 Å². The van der Waals surface area contributed by atoms with Crippen LogP contribution in [-0.4, -0.2) is 18.1 Å². The molecule has 0 saturated carbocycles. The Labute approximate surface area is 127 Å². The Kier molecular flexibility index (Phi) is 4.38. The van der Waals surface area contributed by atoms with Crippen molar-refractivity contribution in [2.45, 2.75) is 25.9 Å². The molecule has 1 aliphatic rings. The molecule has 0 amide bonds. The summed E-state index contributed by atoms with van der Waals surface area (Å²) in [6.45, 7) is 3.45. The number of halogens is 2. The number of hydrogen-bond donors (Lipinski definition) is 1. The van der Waals surface area contributed by atoms with Crippen molar-refractivity contribution in [2.24, 2.45) is 5.92 Å². The van der Waals surface area contributed by atoms with Gasteiger partial charge in [-0.15, -0.1) is 0 Å². The number of oxazole rings is 1. The van der Waals surface area contributed by atoms with Gasteiger partial charge in [-0.1, -0.05) is 6.92 Å². The van der Waals surface area contributed by atoms with Crippen LogP contribution in [0, 0.1) is 17.6 Å². The largest absolute Gasteiger partial charge is 0.477 e. The predicted octanol–water partition coefficient (Wildman–Crippen LogP) is 3.24. The third-order valence-electron chi connectivity index (χ3n) is 3.93. The molecule has 118 valence electrons. The molecule has 4 nitrogen and oxygen atoms in total. The number of benzene rings is 1. The number of nitrogens with zero attached hydrogens (tertiary/aromatic N) is 1. The molecule has 1 unspecified atom stereocenters. The number of aryl methyl sites for hydroxylation is 1. The average Bonchev–Trinajstić information content (AvgIpc) is 3.19. The van der Waals surface area contributed by atoms with E-state index in [9.17, 15) is 8.78 Å². The Bertz CT molecular complexity index is 625. The standard InChI is InChI=1S/C16H18F2N2O2/c1-2-10-7-12(17)8-13(18)14(10)22-15(11-3-4-19-9-11)16-20-5-6-21-16/h5-8,11,15,19H,2-4,9H2,1H3/t11?,15-/m0/s1. The average molecular weight is 308 g/mol. The maximum absolute atomic E-state index is 14.2. The highest BCUT2D eigenvalue weighted by atomic mass is 19.1. The molecule has 2 aromatic rings. The zero-order valence-corrected chi connectivity index (χ0v) is 12.3. The van der Waals surface area contributed by atoms with E-state index in [-0.39, 0.29) is 11.7 Å². The molecule has 1 aromatic carbocycles. The summed E-state index contributed by atoms with van der Waals surface area (Å²) >= 11 is 0. The van der Waals surface area contributed by atoms with Gasteiger partial charge < -0.3 is 14.5 Å². The highest BCUT2D eigenvalue weighted by molar-refractivity contribution is 5.36. The molecule has 0 bridgehead atoms. The van der Waals surface area contributed by atoms with Crippen LogP contribution >= 0.6 is 0 Å². The van der Waals surface area contributed by atoms with E-state index in [1.54, 1.807) is 0 Å². The number of hydrogen-bond acceptors (Lipinski definition) is 4. The van der Waals surface area contributed by atoms with Crippen LogP contribution in [0.4, 0.5) is 8.78 Å². The molecule has 1 aliphatic heterocycles. The van der Waals surface area contributed by atoms with Crippen LogP contribution in [0.1, 0.15) is 30.9 Å². The van der Waals surface area contributed by atoms with Gasteiger partial charge >= 0.3 is 0 Å². The van der Waals surface area contributed by atoms with Gasteiger partial charge in [0.25, 0.3) is 0 Å². The molecule has 2 atom stereocenters. The van der Waals surface area contributed by atoms with Crippen molar-refractivity contribution in [1.29, 1.82) is 0 Å². The summed E-state index contributed by atoms with van der Waals surface area (Å²) in [6, 6.07) is 2.14. The number of aromatic nitrogens is 1. The van der Waals surface area contributed by atoms with E-state index in [4.69, 9.17) is 9.15 Å². The molecule has 0 radical (unpaired) electrons. The fraction of sp³-hybridized carbons (Fsp3) is 0.438. The summed E-state index contributed by atoms with van der Waals surface area (Å²) < 4.78 is 38.8. The van der Waals surface area contributed by atoms with E-state index in [0.717, 1.165) is 25.6 Å². The van der Waals surface area contributed by atoms with E-state index >= 15 is 0 Å². The van der Waals surface area contributed by atoms with Crippen molar-refractivity contribution in [3.63, 3.8) is 0 Å². The molecule has 1 fully saturated rings. The second-order valence-electron chi connectivity index (χ2n) is 5.39. The molecule has 0 spiro atoms. The summed E-state index contributed by atoms with van der Waals surface area (Å²) in [5, 5.41) is 3.25. The Morgan fingerprint density at radius 1 is 1.45 bits per heavy atom. The van der Waals surface area contributed by atoms with Crippen molar-refractivity contribution < 1.29 is 17.9 Å². The van der Waals surface area contributed by atoms with Gasteiger partial charge in [-0.25, -0.2) is 13.8 Å². The fourth-order valence-electron chi connectivity index (χ4n) is 2.79. The molecule has 0 aliphatic carbocycles. The maximum Gasteiger partial charge on any atom is 0.235 e. The van der Waals surface area contributed by atoms with Crippen molar-refractivity contribution >= 4 is 0 Å². The highest BCUT2D eigenvalue weighted by Gasteiger charge is 2.32. The van der Waals surface area contributed by atoms with E-state index in [1.807, 2.05) is 6.92 Å². The molecule has 6 heteroatoms. The van der Waals surface area contributed by atoms with Gasteiger partial charge in [0.15, 0.2) is 17.7 Å². The van der Waals surface area contributed by atoms with E-state index in [1.165, 1.54) is 18.5 Å². The minimum atomic E-state index is -0.695. The van der Waals surface area contributed by atoms with E-state index in [0.29, 0.717) is 17.9 Å². The zero-order chi connectivity index (χ0) is 15.5. The van der Waals surface area contributed by atoms with Gasteiger partial charge in [0.05, 0.1) is 6.20 Å². The Hall–Kier alpha value is -1.95. The highest BCUT2D eigenvalue weighted by Crippen LogP contribution is 2.34. The van der Waals surface area contributed by atoms with Crippen LogP contribution in [0.5, 0.6) is 5.75 Å². The smallest absolute Gasteiger partial charge is 0.235 e. The lowest BCUT2D eigenvalue weighted by molar-refractivity contribution is 0.108. The number of nitrogens with one attached hydrogen (secondary N) is 1. The van der Waals surface area contributed by atoms with Gasteiger partial charge in [0, 0.05) is 18.5 Å².